The monoisotopic (exact) mass is 426 g/mol. The number of likely N-dealkylation sites (N-methyl/N-ethyl adjacent to an activating group) is 1. The van der Waals surface area contributed by atoms with Gasteiger partial charge in [0.05, 0.1) is 7.11 Å². The number of allylic oxidation sites excluding steroid dienone is 1. The Morgan fingerprint density at radius 2 is 1.88 bits per heavy atom. The Bertz CT molecular complexity index is 1220. The average Bonchev–Trinajstić information content (AvgIpc) is 2.81. The summed E-state index contributed by atoms with van der Waals surface area (Å²) in [5, 5.41) is 11.7. The van der Waals surface area contributed by atoms with E-state index < -0.39 is 0 Å². The van der Waals surface area contributed by atoms with Crippen LogP contribution >= 0.6 is 0 Å². The summed E-state index contributed by atoms with van der Waals surface area (Å²) in [6.45, 7) is 4.22. The summed E-state index contributed by atoms with van der Waals surface area (Å²) in [7, 11) is 4.79. The van der Waals surface area contributed by atoms with Crippen molar-refractivity contribution in [2.45, 2.75) is 13.0 Å². The van der Waals surface area contributed by atoms with Crippen LogP contribution in [0.3, 0.4) is 0 Å². The summed E-state index contributed by atoms with van der Waals surface area (Å²) >= 11 is 0. The molecule has 0 atom stereocenters. The van der Waals surface area contributed by atoms with Gasteiger partial charge in [0, 0.05) is 19.7 Å². The fourth-order valence-corrected chi connectivity index (χ4v) is 3.42. The molecule has 0 aliphatic heterocycles. The molecule has 32 heavy (non-hydrogen) atoms. The number of hydrogen-bond acceptors (Lipinski definition) is 4. The van der Waals surface area contributed by atoms with Crippen molar-refractivity contribution >= 4 is 22.8 Å². The lowest BCUT2D eigenvalue weighted by Gasteiger charge is -2.16. The van der Waals surface area contributed by atoms with Crippen molar-refractivity contribution in [3.8, 4) is 17.6 Å². The molecule has 3 aromatic carbocycles. The van der Waals surface area contributed by atoms with Crippen molar-refractivity contribution in [3.63, 3.8) is 0 Å². The maximum atomic E-state index is 12.2. The standard InChI is InChI=1S/C27H26N2O3/c1-5-8-23-14-20(15-24(17-28)27(30)29(2)3)16-25(31-4)26(23)32-18-19-11-12-21-9-6-7-10-22(21)13-19/h5-7,9-16H,1,8,18H2,2-4H3/b24-15-. The van der Waals surface area contributed by atoms with E-state index in [0.717, 1.165) is 16.5 Å². The molecule has 0 N–H and O–H groups in total. The van der Waals surface area contributed by atoms with E-state index in [9.17, 15) is 10.1 Å². The van der Waals surface area contributed by atoms with E-state index in [0.29, 0.717) is 30.1 Å². The lowest BCUT2D eigenvalue weighted by Crippen LogP contribution is -2.22. The molecule has 1 amide bonds. The first-order valence-electron chi connectivity index (χ1n) is 10.2. The van der Waals surface area contributed by atoms with Gasteiger partial charge in [-0.2, -0.15) is 5.26 Å². The second-order valence-corrected chi connectivity index (χ2v) is 7.54. The average molecular weight is 427 g/mol. The number of benzene rings is 3. The summed E-state index contributed by atoms with van der Waals surface area (Å²) in [4.78, 5) is 13.6. The normalized spacial score (nSPS) is 11.0. The minimum Gasteiger partial charge on any atom is -0.493 e. The van der Waals surface area contributed by atoms with Gasteiger partial charge >= 0.3 is 0 Å². The van der Waals surface area contributed by atoms with Crippen molar-refractivity contribution in [2.75, 3.05) is 21.2 Å². The Hall–Kier alpha value is -4.04. The fraction of sp³-hybridized carbons (Fsp3) is 0.185. The zero-order valence-electron chi connectivity index (χ0n) is 18.6. The molecule has 0 fully saturated rings. The van der Waals surface area contributed by atoms with Gasteiger partial charge in [-0.1, -0.05) is 42.5 Å². The molecule has 0 aromatic heterocycles. The molecule has 3 aromatic rings. The summed E-state index contributed by atoms with van der Waals surface area (Å²) < 4.78 is 11.8. The number of carbonyl (C=O) groups excluding carboxylic acids is 1. The molecule has 3 rings (SSSR count). The number of methoxy groups -OCH3 is 1. The second-order valence-electron chi connectivity index (χ2n) is 7.54. The highest BCUT2D eigenvalue weighted by Crippen LogP contribution is 2.35. The molecule has 0 saturated heterocycles. The molecule has 0 unspecified atom stereocenters. The summed E-state index contributed by atoms with van der Waals surface area (Å²) in [6, 6.07) is 20.0. The Labute approximate surface area is 188 Å². The SMILES string of the molecule is C=CCc1cc(/C=C(/C#N)C(=O)N(C)C)cc(OC)c1OCc1ccc2ccccc2c1. The molecule has 162 valence electrons. The third-order valence-corrected chi connectivity index (χ3v) is 5.00. The van der Waals surface area contributed by atoms with Gasteiger partial charge in [0.15, 0.2) is 11.5 Å². The number of hydrogen-bond donors (Lipinski definition) is 0. The van der Waals surface area contributed by atoms with Gasteiger partial charge in [0.25, 0.3) is 5.91 Å². The topological polar surface area (TPSA) is 62.6 Å². The smallest absolute Gasteiger partial charge is 0.264 e. The first kappa shape index (κ1) is 22.6. The molecule has 5 heteroatoms. The maximum absolute atomic E-state index is 12.2. The van der Waals surface area contributed by atoms with Crippen molar-refractivity contribution < 1.29 is 14.3 Å². The quantitative estimate of drug-likeness (QED) is 0.284. The van der Waals surface area contributed by atoms with Gasteiger partial charge in [-0.15, -0.1) is 6.58 Å². The van der Waals surface area contributed by atoms with Gasteiger partial charge in [-0.3, -0.25) is 4.79 Å². The molecule has 0 aliphatic carbocycles. The first-order chi connectivity index (χ1) is 15.5. The highest BCUT2D eigenvalue weighted by molar-refractivity contribution is 6.01. The van der Waals surface area contributed by atoms with Crippen LogP contribution in [0.15, 0.2) is 72.8 Å². The van der Waals surface area contributed by atoms with Crippen LogP contribution in [0.1, 0.15) is 16.7 Å². The molecule has 0 spiro atoms. The van der Waals surface area contributed by atoms with Crippen molar-refractivity contribution in [3.05, 3.63) is 89.5 Å². The van der Waals surface area contributed by atoms with E-state index in [-0.39, 0.29) is 11.5 Å². The van der Waals surface area contributed by atoms with Gasteiger partial charge in [-0.25, -0.2) is 0 Å². The Morgan fingerprint density at radius 3 is 2.53 bits per heavy atom. The number of carbonyl (C=O) groups is 1. The predicted molar refractivity (Wildman–Crippen MR) is 127 cm³/mol. The molecule has 5 nitrogen and oxygen atoms in total. The number of fused-ring (bicyclic) bond motifs is 1. The summed E-state index contributed by atoms with van der Waals surface area (Å²) in [6.07, 6.45) is 3.89. The third-order valence-electron chi connectivity index (χ3n) is 5.00. The van der Waals surface area contributed by atoms with Crippen LogP contribution in [-0.4, -0.2) is 32.0 Å². The van der Waals surface area contributed by atoms with Crippen LogP contribution in [0.25, 0.3) is 16.8 Å². The van der Waals surface area contributed by atoms with E-state index in [4.69, 9.17) is 9.47 Å². The number of rotatable bonds is 8. The number of amides is 1. The van der Waals surface area contributed by atoms with Crippen LogP contribution in [0, 0.1) is 11.3 Å². The molecular formula is C27H26N2O3. The van der Waals surface area contributed by atoms with Crippen LogP contribution < -0.4 is 9.47 Å². The van der Waals surface area contributed by atoms with Gasteiger partial charge in [0.1, 0.15) is 18.2 Å². The fourth-order valence-electron chi connectivity index (χ4n) is 3.42. The van der Waals surface area contributed by atoms with E-state index in [1.807, 2.05) is 30.3 Å². The lowest BCUT2D eigenvalue weighted by molar-refractivity contribution is -0.124. The van der Waals surface area contributed by atoms with Crippen molar-refractivity contribution in [2.24, 2.45) is 0 Å². The van der Waals surface area contributed by atoms with Crippen molar-refractivity contribution in [1.29, 1.82) is 5.26 Å². The summed E-state index contributed by atoms with van der Waals surface area (Å²) in [5.41, 5.74) is 2.64. The number of ether oxygens (including phenoxy) is 2. The Morgan fingerprint density at radius 1 is 1.12 bits per heavy atom. The van der Waals surface area contributed by atoms with E-state index in [1.165, 1.54) is 10.3 Å². The van der Waals surface area contributed by atoms with Crippen LogP contribution in [0.5, 0.6) is 11.5 Å². The molecule has 0 radical (unpaired) electrons. The molecule has 0 bridgehead atoms. The van der Waals surface area contributed by atoms with Crippen molar-refractivity contribution in [1.82, 2.24) is 4.90 Å². The Kier molecular flexibility index (Phi) is 7.30. The number of nitrogens with zero attached hydrogens (tertiary/aromatic N) is 2. The van der Waals surface area contributed by atoms with Crippen LogP contribution in [0.4, 0.5) is 0 Å². The Balaban J connectivity index is 1.95. The van der Waals surface area contributed by atoms with Crippen LogP contribution in [0.2, 0.25) is 0 Å². The zero-order chi connectivity index (χ0) is 23.1. The summed E-state index contributed by atoms with van der Waals surface area (Å²) in [5.74, 6) is 0.800. The maximum Gasteiger partial charge on any atom is 0.264 e. The number of nitriles is 1. The van der Waals surface area contributed by atoms with E-state index >= 15 is 0 Å². The lowest BCUT2D eigenvalue weighted by atomic mass is 10.0. The van der Waals surface area contributed by atoms with E-state index in [1.54, 1.807) is 39.4 Å². The molecule has 0 saturated carbocycles. The van der Waals surface area contributed by atoms with E-state index in [2.05, 4.69) is 30.8 Å². The van der Waals surface area contributed by atoms with Gasteiger partial charge in [-0.05, 0) is 52.6 Å². The third kappa shape index (κ3) is 5.16. The van der Waals surface area contributed by atoms with Gasteiger partial charge < -0.3 is 14.4 Å². The molecule has 0 heterocycles. The second kappa shape index (κ2) is 10.3. The molecular weight excluding hydrogens is 400 g/mol. The first-order valence-corrected chi connectivity index (χ1v) is 10.2. The molecule has 0 aliphatic rings. The highest BCUT2D eigenvalue weighted by Gasteiger charge is 2.15. The zero-order valence-corrected chi connectivity index (χ0v) is 18.6. The predicted octanol–water partition coefficient (Wildman–Crippen LogP) is 5.15. The largest absolute Gasteiger partial charge is 0.493 e. The van der Waals surface area contributed by atoms with Crippen LogP contribution in [-0.2, 0) is 17.8 Å². The minimum atomic E-state index is -0.353. The minimum absolute atomic E-state index is 0.0476. The highest BCUT2D eigenvalue weighted by atomic mass is 16.5. The van der Waals surface area contributed by atoms with Gasteiger partial charge in [0.2, 0.25) is 0 Å².